The summed E-state index contributed by atoms with van der Waals surface area (Å²) < 4.78 is 0. The molecule has 0 saturated carbocycles. The van der Waals surface area contributed by atoms with E-state index < -0.39 is 0 Å². The molecule has 0 aliphatic rings. The monoisotopic (exact) mass is 233 g/mol. The Morgan fingerprint density at radius 1 is 1.53 bits per heavy atom. The van der Waals surface area contributed by atoms with Crippen LogP contribution in [0.25, 0.3) is 10.4 Å². The average Bonchev–Trinajstić information content (AvgIpc) is 2.22. The number of benzene rings is 1. The van der Waals surface area contributed by atoms with E-state index in [0.717, 1.165) is 5.56 Å². The topological polar surface area (TPSA) is 81.1 Å². The Bertz CT molecular complexity index is 463. The predicted octanol–water partition coefficient (Wildman–Crippen LogP) is 2.44. The van der Waals surface area contributed by atoms with Gasteiger partial charge in [-0.15, -0.1) is 0 Å². The molecule has 0 aliphatic carbocycles. The Morgan fingerprint density at radius 3 is 2.82 bits per heavy atom. The molecule has 0 radical (unpaired) electrons. The van der Waals surface area contributed by atoms with Crippen molar-refractivity contribution in [1.82, 2.24) is 4.90 Å². The maximum absolute atomic E-state index is 11.5. The lowest BCUT2D eigenvalue weighted by Gasteiger charge is -2.11. The third-order valence-corrected chi connectivity index (χ3v) is 2.11. The summed E-state index contributed by atoms with van der Waals surface area (Å²) in [6, 6.07) is 5.23. The summed E-state index contributed by atoms with van der Waals surface area (Å²) in [5.41, 5.74) is 10.4. The highest BCUT2D eigenvalue weighted by Gasteiger charge is 2.04. The molecule has 0 atom stereocenters. The van der Waals surface area contributed by atoms with Gasteiger partial charge in [0, 0.05) is 16.3 Å². The van der Waals surface area contributed by atoms with E-state index in [-0.39, 0.29) is 5.91 Å². The van der Waals surface area contributed by atoms with Crippen LogP contribution in [0.15, 0.2) is 23.3 Å². The molecule has 0 spiro atoms. The van der Waals surface area contributed by atoms with Crippen molar-refractivity contribution >= 4 is 17.3 Å². The van der Waals surface area contributed by atoms with Crippen LogP contribution in [-0.2, 0) is 4.79 Å². The van der Waals surface area contributed by atoms with Gasteiger partial charge in [0.2, 0.25) is 5.91 Å². The molecular formula is C11H15N5O. The van der Waals surface area contributed by atoms with Crippen LogP contribution in [0.3, 0.4) is 0 Å². The van der Waals surface area contributed by atoms with E-state index in [1.54, 1.807) is 23.1 Å². The molecule has 90 valence electrons. The SMILES string of the molecule is Cc1ccc(NC(=O)CN(C)C)cc1N=[N+]=[N-]. The Hall–Kier alpha value is -2.04. The molecular weight excluding hydrogens is 218 g/mol. The minimum Gasteiger partial charge on any atom is -0.325 e. The number of hydrogen-bond donors (Lipinski definition) is 1. The number of carbonyl (C=O) groups excluding carboxylic acids is 1. The third-order valence-electron chi connectivity index (χ3n) is 2.11. The van der Waals surface area contributed by atoms with E-state index in [4.69, 9.17) is 5.53 Å². The van der Waals surface area contributed by atoms with Crippen molar-refractivity contribution in [2.45, 2.75) is 6.92 Å². The lowest BCUT2D eigenvalue weighted by molar-refractivity contribution is -0.116. The lowest BCUT2D eigenvalue weighted by atomic mass is 10.2. The number of amides is 1. The van der Waals surface area contributed by atoms with Gasteiger partial charge in [-0.25, -0.2) is 0 Å². The van der Waals surface area contributed by atoms with E-state index in [9.17, 15) is 4.79 Å². The van der Waals surface area contributed by atoms with E-state index in [0.29, 0.717) is 17.9 Å². The molecule has 1 aromatic carbocycles. The molecule has 0 unspecified atom stereocenters. The molecule has 0 aliphatic heterocycles. The summed E-state index contributed by atoms with van der Waals surface area (Å²) in [5.74, 6) is -0.106. The van der Waals surface area contributed by atoms with Crippen LogP contribution in [0, 0.1) is 6.92 Å². The van der Waals surface area contributed by atoms with Gasteiger partial charge in [-0.1, -0.05) is 11.2 Å². The van der Waals surface area contributed by atoms with Gasteiger partial charge in [0.1, 0.15) is 0 Å². The molecule has 0 heterocycles. The smallest absolute Gasteiger partial charge is 0.238 e. The number of hydrogen-bond acceptors (Lipinski definition) is 3. The molecule has 0 fully saturated rings. The number of rotatable bonds is 4. The lowest BCUT2D eigenvalue weighted by Crippen LogP contribution is -2.27. The van der Waals surface area contributed by atoms with Gasteiger partial charge in [0.25, 0.3) is 0 Å². The summed E-state index contributed by atoms with van der Waals surface area (Å²) in [6.07, 6.45) is 0. The fraction of sp³-hybridized carbons (Fsp3) is 0.364. The first-order valence-corrected chi connectivity index (χ1v) is 5.13. The van der Waals surface area contributed by atoms with Crippen LogP contribution < -0.4 is 5.32 Å². The maximum Gasteiger partial charge on any atom is 0.238 e. The Balaban J connectivity index is 2.82. The second-order valence-corrected chi connectivity index (χ2v) is 3.98. The third kappa shape index (κ3) is 4.14. The molecule has 0 bridgehead atoms. The summed E-state index contributed by atoms with van der Waals surface area (Å²) in [5, 5.41) is 6.29. The number of nitrogens with zero attached hydrogens (tertiary/aromatic N) is 4. The van der Waals surface area contributed by atoms with Crippen LogP contribution in [0.4, 0.5) is 11.4 Å². The quantitative estimate of drug-likeness (QED) is 0.492. The molecule has 17 heavy (non-hydrogen) atoms. The summed E-state index contributed by atoms with van der Waals surface area (Å²) in [4.78, 5) is 16.0. The zero-order chi connectivity index (χ0) is 12.8. The summed E-state index contributed by atoms with van der Waals surface area (Å²) in [7, 11) is 3.64. The van der Waals surface area contributed by atoms with Gasteiger partial charge in [-0.2, -0.15) is 0 Å². The normalized spacial score (nSPS) is 9.88. The van der Waals surface area contributed by atoms with E-state index in [1.165, 1.54) is 0 Å². The van der Waals surface area contributed by atoms with Crippen LogP contribution >= 0.6 is 0 Å². The van der Waals surface area contributed by atoms with Crippen molar-refractivity contribution in [3.63, 3.8) is 0 Å². The van der Waals surface area contributed by atoms with E-state index in [1.807, 2.05) is 21.0 Å². The average molecular weight is 233 g/mol. The van der Waals surface area contributed by atoms with Gasteiger partial charge < -0.3 is 10.2 Å². The second-order valence-electron chi connectivity index (χ2n) is 3.98. The molecule has 1 N–H and O–H groups in total. The number of likely N-dealkylation sites (N-methyl/N-ethyl adjacent to an activating group) is 1. The minimum atomic E-state index is -0.106. The molecule has 6 nitrogen and oxygen atoms in total. The largest absolute Gasteiger partial charge is 0.325 e. The summed E-state index contributed by atoms with van der Waals surface area (Å²) >= 11 is 0. The minimum absolute atomic E-state index is 0.106. The zero-order valence-electron chi connectivity index (χ0n) is 10.1. The van der Waals surface area contributed by atoms with Crippen LogP contribution in [0.5, 0.6) is 0 Å². The van der Waals surface area contributed by atoms with Crippen LogP contribution in [0.1, 0.15) is 5.56 Å². The van der Waals surface area contributed by atoms with Crippen molar-refractivity contribution in [3.8, 4) is 0 Å². The Labute approximate surface area is 99.9 Å². The standard InChI is InChI=1S/C11H15N5O/c1-8-4-5-9(6-10(8)14-15-12)13-11(17)7-16(2)3/h4-6H,7H2,1-3H3,(H,13,17). The number of aryl methyl sites for hydroxylation is 1. The number of nitrogens with one attached hydrogen (secondary N) is 1. The number of carbonyl (C=O) groups is 1. The first-order valence-electron chi connectivity index (χ1n) is 5.13. The van der Waals surface area contributed by atoms with Gasteiger partial charge in [-0.3, -0.25) is 4.79 Å². The van der Waals surface area contributed by atoms with Crippen LogP contribution in [-0.4, -0.2) is 31.4 Å². The molecule has 0 aromatic heterocycles. The van der Waals surface area contributed by atoms with E-state index in [2.05, 4.69) is 15.3 Å². The highest BCUT2D eigenvalue weighted by atomic mass is 16.2. The van der Waals surface area contributed by atoms with Gasteiger partial charge in [-0.05, 0) is 44.2 Å². The summed E-state index contributed by atoms with van der Waals surface area (Å²) in [6.45, 7) is 2.15. The van der Waals surface area contributed by atoms with Crippen molar-refractivity contribution < 1.29 is 4.79 Å². The number of anilines is 1. The molecule has 1 aromatic rings. The van der Waals surface area contributed by atoms with Crippen molar-refractivity contribution in [3.05, 3.63) is 34.2 Å². The van der Waals surface area contributed by atoms with Gasteiger partial charge in [0.15, 0.2) is 0 Å². The number of azide groups is 1. The van der Waals surface area contributed by atoms with E-state index >= 15 is 0 Å². The molecule has 1 amide bonds. The predicted molar refractivity (Wildman–Crippen MR) is 67.2 cm³/mol. The second kappa shape index (κ2) is 5.89. The highest BCUT2D eigenvalue weighted by molar-refractivity contribution is 5.92. The zero-order valence-corrected chi connectivity index (χ0v) is 10.1. The Kier molecular flexibility index (Phi) is 4.51. The fourth-order valence-corrected chi connectivity index (χ4v) is 1.33. The first-order chi connectivity index (χ1) is 8.02. The van der Waals surface area contributed by atoms with Crippen molar-refractivity contribution in [2.24, 2.45) is 5.11 Å². The van der Waals surface area contributed by atoms with Crippen molar-refractivity contribution in [1.29, 1.82) is 0 Å². The fourth-order valence-electron chi connectivity index (χ4n) is 1.33. The molecule has 0 saturated heterocycles. The highest BCUT2D eigenvalue weighted by Crippen LogP contribution is 2.23. The Morgan fingerprint density at radius 2 is 2.24 bits per heavy atom. The van der Waals surface area contributed by atoms with Crippen LogP contribution in [0.2, 0.25) is 0 Å². The van der Waals surface area contributed by atoms with Gasteiger partial charge >= 0.3 is 0 Å². The van der Waals surface area contributed by atoms with Crippen molar-refractivity contribution in [2.75, 3.05) is 26.0 Å². The maximum atomic E-state index is 11.5. The molecule has 6 heteroatoms. The van der Waals surface area contributed by atoms with Gasteiger partial charge in [0.05, 0.1) is 6.54 Å². The molecule has 1 rings (SSSR count). The first kappa shape index (κ1) is 13.0.